The van der Waals surface area contributed by atoms with E-state index in [-0.39, 0.29) is 24.3 Å². The molecule has 1 N–H and O–H groups in total. The number of ether oxygens (including phenoxy) is 2. The normalized spacial score (nSPS) is 15.8. The number of nitrogens with one attached hydrogen (secondary N) is 1. The zero-order valence-electron chi connectivity index (χ0n) is 13.5. The summed E-state index contributed by atoms with van der Waals surface area (Å²) < 4.78 is 11.1. The molecule has 2 aromatic rings. The molecule has 5 heteroatoms. The van der Waals surface area contributed by atoms with E-state index in [9.17, 15) is 9.59 Å². The molecule has 1 atom stereocenters. The van der Waals surface area contributed by atoms with Gasteiger partial charge in [0.15, 0.2) is 12.4 Å². The van der Waals surface area contributed by atoms with Gasteiger partial charge < -0.3 is 14.8 Å². The number of ketones is 1. The summed E-state index contributed by atoms with van der Waals surface area (Å²) in [6.45, 7) is 1.97. The Labute approximate surface area is 140 Å². The zero-order chi connectivity index (χ0) is 16.9. The Morgan fingerprint density at radius 1 is 1.21 bits per heavy atom. The van der Waals surface area contributed by atoms with Crippen molar-refractivity contribution >= 4 is 11.7 Å². The minimum atomic E-state index is -0.204. The van der Waals surface area contributed by atoms with Crippen LogP contribution in [-0.4, -0.2) is 24.9 Å². The van der Waals surface area contributed by atoms with Crippen LogP contribution in [0.2, 0.25) is 0 Å². The third-order valence-corrected chi connectivity index (χ3v) is 3.90. The summed E-state index contributed by atoms with van der Waals surface area (Å²) in [5, 5.41) is 2.97. The lowest BCUT2D eigenvalue weighted by atomic mass is 10.0. The van der Waals surface area contributed by atoms with Crippen LogP contribution in [0.1, 0.15) is 35.3 Å². The number of carbonyl (C=O) groups excluding carboxylic acids is 2. The molecule has 0 bridgehead atoms. The number of hydrogen-bond acceptors (Lipinski definition) is 4. The number of hydrogen-bond donors (Lipinski definition) is 1. The Hall–Kier alpha value is -2.82. The van der Waals surface area contributed by atoms with Gasteiger partial charge in [-0.25, -0.2) is 0 Å². The molecule has 0 radical (unpaired) electrons. The number of rotatable bonds is 5. The van der Waals surface area contributed by atoms with Gasteiger partial charge in [-0.1, -0.05) is 30.3 Å². The number of fused-ring (bicyclic) bond motifs is 1. The molecule has 1 unspecified atom stereocenters. The highest BCUT2D eigenvalue weighted by molar-refractivity contribution is 5.94. The largest absolute Gasteiger partial charge is 0.493 e. The van der Waals surface area contributed by atoms with E-state index >= 15 is 0 Å². The van der Waals surface area contributed by atoms with Crippen molar-refractivity contribution in [2.45, 2.75) is 19.4 Å². The fourth-order valence-corrected chi connectivity index (χ4v) is 2.68. The average molecular weight is 325 g/mol. The van der Waals surface area contributed by atoms with Crippen LogP contribution in [0.3, 0.4) is 0 Å². The quantitative estimate of drug-likeness (QED) is 0.859. The van der Waals surface area contributed by atoms with Gasteiger partial charge in [0, 0.05) is 17.5 Å². The van der Waals surface area contributed by atoms with Crippen molar-refractivity contribution < 1.29 is 19.1 Å². The van der Waals surface area contributed by atoms with Crippen molar-refractivity contribution in [2.24, 2.45) is 0 Å². The summed E-state index contributed by atoms with van der Waals surface area (Å²) in [5.74, 6) is 1.07. The topological polar surface area (TPSA) is 64.6 Å². The number of para-hydroxylation sites is 1. The van der Waals surface area contributed by atoms with E-state index in [1.165, 1.54) is 6.92 Å². The molecule has 0 aromatic heterocycles. The fourth-order valence-electron chi connectivity index (χ4n) is 2.68. The lowest BCUT2D eigenvalue weighted by Gasteiger charge is -2.26. The van der Waals surface area contributed by atoms with Crippen molar-refractivity contribution in [1.82, 2.24) is 5.32 Å². The van der Waals surface area contributed by atoms with Crippen molar-refractivity contribution in [3.8, 4) is 11.5 Å². The molecule has 124 valence electrons. The summed E-state index contributed by atoms with van der Waals surface area (Å²) >= 11 is 0. The van der Waals surface area contributed by atoms with E-state index in [2.05, 4.69) is 5.32 Å². The van der Waals surface area contributed by atoms with E-state index in [1.54, 1.807) is 24.3 Å². The minimum Gasteiger partial charge on any atom is -0.493 e. The summed E-state index contributed by atoms with van der Waals surface area (Å²) in [6, 6.07) is 14.4. The Kier molecular flexibility index (Phi) is 4.79. The van der Waals surface area contributed by atoms with Crippen molar-refractivity contribution in [2.75, 3.05) is 13.2 Å². The van der Waals surface area contributed by atoms with Gasteiger partial charge in [0.2, 0.25) is 0 Å². The SMILES string of the molecule is CC(=O)c1cccc(OCC(=O)NC2CCOc3ccccc32)c1. The van der Waals surface area contributed by atoms with Gasteiger partial charge in [-0.3, -0.25) is 9.59 Å². The molecule has 5 nitrogen and oxygen atoms in total. The van der Waals surface area contributed by atoms with Crippen molar-refractivity contribution in [3.63, 3.8) is 0 Å². The standard InChI is InChI=1S/C19H19NO4/c1-13(21)14-5-4-6-15(11-14)24-12-19(22)20-17-9-10-23-18-8-3-2-7-16(17)18/h2-8,11,17H,9-10,12H2,1H3,(H,20,22). The number of Topliss-reactive ketones (excluding diaryl/α,β-unsaturated/α-hetero) is 1. The summed E-state index contributed by atoms with van der Waals surface area (Å²) in [4.78, 5) is 23.5. The van der Waals surface area contributed by atoms with Crippen molar-refractivity contribution in [1.29, 1.82) is 0 Å². The van der Waals surface area contributed by atoms with Gasteiger partial charge in [-0.2, -0.15) is 0 Å². The molecule has 1 aliphatic rings. The monoisotopic (exact) mass is 325 g/mol. The molecule has 0 saturated carbocycles. The maximum Gasteiger partial charge on any atom is 0.258 e. The molecule has 0 spiro atoms. The van der Waals surface area contributed by atoms with Gasteiger partial charge in [0.1, 0.15) is 11.5 Å². The molecule has 0 fully saturated rings. The molecule has 2 aromatic carbocycles. The molecule has 24 heavy (non-hydrogen) atoms. The molecular weight excluding hydrogens is 306 g/mol. The van der Waals surface area contributed by atoms with E-state index in [4.69, 9.17) is 9.47 Å². The van der Waals surface area contributed by atoms with E-state index in [0.29, 0.717) is 17.9 Å². The van der Waals surface area contributed by atoms with Crippen LogP contribution in [-0.2, 0) is 4.79 Å². The molecule has 1 heterocycles. The highest BCUT2D eigenvalue weighted by atomic mass is 16.5. The fraction of sp³-hybridized carbons (Fsp3) is 0.263. The zero-order valence-corrected chi connectivity index (χ0v) is 13.5. The van der Waals surface area contributed by atoms with Crippen LogP contribution >= 0.6 is 0 Å². The molecular formula is C19H19NO4. The molecule has 0 saturated heterocycles. The second-order valence-corrected chi connectivity index (χ2v) is 5.67. The van der Waals surface area contributed by atoms with Gasteiger partial charge in [-0.15, -0.1) is 0 Å². The lowest BCUT2D eigenvalue weighted by molar-refractivity contribution is -0.124. The minimum absolute atomic E-state index is 0.0382. The van der Waals surface area contributed by atoms with Crippen LogP contribution in [0.4, 0.5) is 0 Å². The second-order valence-electron chi connectivity index (χ2n) is 5.67. The third kappa shape index (κ3) is 3.74. The van der Waals surface area contributed by atoms with Gasteiger partial charge in [0.05, 0.1) is 12.6 Å². The smallest absolute Gasteiger partial charge is 0.258 e. The first kappa shape index (κ1) is 16.1. The van der Waals surface area contributed by atoms with Crippen molar-refractivity contribution in [3.05, 3.63) is 59.7 Å². The van der Waals surface area contributed by atoms with Crippen LogP contribution in [0, 0.1) is 0 Å². The molecule has 0 aliphatic carbocycles. The highest BCUT2D eigenvalue weighted by Gasteiger charge is 2.22. The predicted molar refractivity (Wildman–Crippen MR) is 89.4 cm³/mol. The number of amides is 1. The Bertz CT molecular complexity index is 757. The highest BCUT2D eigenvalue weighted by Crippen LogP contribution is 2.31. The first-order valence-electron chi connectivity index (χ1n) is 7.88. The number of carbonyl (C=O) groups is 2. The first-order valence-corrected chi connectivity index (χ1v) is 7.88. The predicted octanol–water partition coefficient (Wildman–Crippen LogP) is 2.91. The van der Waals surface area contributed by atoms with E-state index in [1.807, 2.05) is 24.3 Å². The Morgan fingerprint density at radius 3 is 2.88 bits per heavy atom. The number of benzene rings is 2. The first-order chi connectivity index (χ1) is 11.6. The summed E-state index contributed by atoms with van der Waals surface area (Å²) in [6.07, 6.45) is 0.725. The summed E-state index contributed by atoms with van der Waals surface area (Å²) in [7, 11) is 0. The average Bonchev–Trinajstić information content (AvgIpc) is 2.60. The van der Waals surface area contributed by atoms with Gasteiger partial charge >= 0.3 is 0 Å². The van der Waals surface area contributed by atoms with Crippen LogP contribution in [0.25, 0.3) is 0 Å². The Morgan fingerprint density at radius 2 is 2.04 bits per heavy atom. The van der Waals surface area contributed by atoms with E-state index < -0.39 is 0 Å². The Balaban J connectivity index is 1.59. The van der Waals surface area contributed by atoms with Crippen LogP contribution < -0.4 is 14.8 Å². The lowest BCUT2D eigenvalue weighted by Crippen LogP contribution is -2.35. The second kappa shape index (κ2) is 7.17. The summed E-state index contributed by atoms with van der Waals surface area (Å²) in [5.41, 5.74) is 1.54. The third-order valence-electron chi connectivity index (χ3n) is 3.90. The molecule has 1 amide bonds. The van der Waals surface area contributed by atoms with E-state index in [0.717, 1.165) is 17.7 Å². The maximum absolute atomic E-state index is 12.2. The van der Waals surface area contributed by atoms with Gasteiger partial charge in [0.25, 0.3) is 5.91 Å². The molecule has 3 rings (SSSR count). The maximum atomic E-state index is 12.2. The van der Waals surface area contributed by atoms with Crippen LogP contribution in [0.15, 0.2) is 48.5 Å². The van der Waals surface area contributed by atoms with Crippen LogP contribution in [0.5, 0.6) is 11.5 Å². The van der Waals surface area contributed by atoms with Gasteiger partial charge in [-0.05, 0) is 25.1 Å². The molecule has 1 aliphatic heterocycles.